The fourth-order valence-electron chi connectivity index (χ4n) is 1.75. The summed E-state index contributed by atoms with van der Waals surface area (Å²) in [6, 6.07) is 1.67. The summed E-state index contributed by atoms with van der Waals surface area (Å²) in [4.78, 5) is 8.22. The zero-order chi connectivity index (χ0) is 11.5. The Morgan fingerprint density at radius 2 is 2.38 bits per heavy atom. The third-order valence-corrected chi connectivity index (χ3v) is 4.28. The normalized spacial score (nSPS) is 23.0. The highest BCUT2D eigenvalue weighted by molar-refractivity contribution is 7.85. The number of aromatic nitrogens is 2. The van der Waals surface area contributed by atoms with Crippen molar-refractivity contribution in [3.05, 3.63) is 16.9 Å². The minimum Gasteiger partial charge on any atom is -0.316 e. The largest absolute Gasteiger partial charge is 0.316 e. The molecule has 1 aliphatic rings. The van der Waals surface area contributed by atoms with Crippen LogP contribution in [-0.2, 0) is 10.8 Å². The van der Waals surface area contributed by atoms with E-state index in [4.69, 9.17) is 11.6 Å². The molecule has 2 atom stereocenters. The Morgan fingerprint density at radius 3 is 3.00 bits per heavy atom. The molecule has 0 spiro atoms. The topological polar surface area (TPSA) is 54.9 Å². The van der Waals surface area contributed by atoms with Crippen molar-refractivity contribution in [2.75, 3.05) is 13.1 Å². The number of nitrogens with zero attached hydrogens (tertiary/aromatic N) is 2. The van der Waals surface area contributed by atoms with E-state index >= 15 is 0 Å². The van der Waals surface area contributed by atoms with E-state index < -0.39 is 10.8 Å². The highest BCUT2D eigenvalue weighted by Crippen LogP contribution is 2.16. The first-order chi connectivity index (χ1) is 7.66. The van der Waals surface area contributed by atoms with Crippen LogP contribution in [0.25, 0.3) is 0 Å². The van der Waals surface area contributed by atoms with E-state index in [-0.39, 0.29) is 5.25 Å². The van der Waals surface area contributed by atoms with Crippen LogP contribution < -0.4 is 5.32 Å². The lowest BCUT2D eigenvalue weighted by Gasteiger charge is -2.21. The molecule has 6 heteroatoms. The Hall–Kier alpha value is -0.520. The number of nitrogens with one attached hydrogen (secondary N) is 1. The predicted octanol–water partition coefficient (Wildman–Crippen LogP) is 1.30. The van der Waals surface area contributed by atoms with Crippen molar-refractivity contribution in [2.45, 2.75) is 30.2 Å². The Bertz CT molecular complexity index is 387. The molecule has 16 heavy (non-hydrogen) atoms. The fraction of sp³-hybridized carbons (Fsp3) is 0.600. The summed E-state index contributed by atoms with van der Waals surface area (Å²) in [6.07, 6.45) is 2.00. The van der Waals surface area contributed by atoms with E-state index in [0.717, 1.165) is 31.6 Å². The van der Waals surface area contributed by atoms with E-state index in [2.05, 4.69) is 15.3 Å². The maximum Gasteiger partial charge on any atom is 0.220 e. The molecule has 1 saturated heterocycles. The molecule has 1 fully saturated rings. The van der Waals surface area contributed by atoms with Gasteiger partial charge in [0.2, 0.25) is 5.16 Å². The minimum atomic E-state index is -1.16. The highest BCUT2D eigenvalue weighted by atomic mass is 35.5. The van der Waals surface area contributed by atoms with Crippen molar-refractivity contribution in [2.24, 2.45) is 0 Å². The van der Waals surface area contributed by atoms with Gasteiger partial charge >= 0.3 is 0 Å². The first-order valence-corrected chi connectivity index (χ1v) is 6.88. The smallest absolute Gasteiger partial charge is 0.220 e. The third kappa shape index (κ3) is 2.78. The lowest BCUT2D eigenvalue weighted by atomic mass is 10.2. The van der Waals surface area contributed by atoms with Crippen LogP contribution in [0.4, 0.5) is 0 Å². The monoisotopic (exact) mass is 259 g/mol. The van der Waals surface area contributed by atoms with Gasteiger partial charge in [-0.15, -0.1) is 0 Å². The van der Waals surface area contributed by atoms with Crippen molar-refractivity contribution < 1.29 is 4.21 Å². The van der Waals surface area contributed by atoms with E-state index in [1.54, 1.807) is 6.07 Å². The van der Waals surface area contributed by atoms with Crippen LogP contribution in [0, 0.1) is 6.92 Å². The summed E-state index contributed by atoms with van der Waals surface area (Å²) in [5.74, 6) is 0. The maximum atomic E-state index is 12.2. The van der Waals surface area contributed by atoms with Gasteiger partial charge in [-0.2, -0.15) is 0 Å². The van der Waals surface area contributed by atoms with E-state index in [9.17, 15) is 4.21 Å². The molecule has 4 nitrogen and oxygen atoms in total. The van der Waals surface area contributed by atoms with Gasteiger partial charge in [0.25, 0.3) is 0 Å². The number of halogens is 1. The Morgan fingerprint density at radius 1 is 1.56 bits per heavy atom. The average molecular weight is 260 g/mol. The second-order valence-electron chi connectivity index (χ2n) is 3.88. The quantitative estimate of drug-likeness (QED) is 0.643. The van der Waals surface area contributed by atoms with Crippen molar-refractivity contribution in [1.82, 2.24) is 15.3 Å². The SMILES string of the molecule is Cc1cc(Cl)nc([S@](=O)[C@H]2CCCNC2)n1. The molecule has 88 valence electrons. The van der Waals surface area contributed by atoms with Crippen LogP contribution in [0.3, 0.4) is 0 Å². The van der Waals surface area contributed by atoms with Crippen molar-refractivity contribution in [3.63, 3.8) is 0 Å². The second kappa shape index (κ2) is 5.21. The summed E-state index contributed by atoms with van der Waals surface area (Å²) in [5.41, 5.74) is 0.757. The van der Waals surface area contributed by atoms with Crippen molar-refractivity contribution in [3.8, 4) is 0 Å². The van der Waals surface area contributed by atoms with Gasteiger partial charge in [-0.05, 0) is 32.4 Å². The van der Waals surface area contributed by atoms with Gasteiger partial charge in [-0.3, -0.25) is 4.21 Å². The third-order valence-electron chi connectivity index (χ3n) is 2.54. The molecule has 0 aromatic carbocycles. The van der Waals surface area contributed by atoms with Crippen LogP contribution in [0.15, 0.2) is 11.2 Å². The number of piperidine rings is 1. The standard InChI is InChI=1S/C10H14ClN3OS/c1-7-5-9(11)14-10(13-7)16(15)8-3-2-4-12-6-8/h5,8,12H,2-4,6H2,1H3/t8-,16+/m0/s1. The first-order valence-electron chi connectivity index (χ1n) is 5.29. The lowest BCUT2D eigenvalue weighted by molar-refractivity contribution is 0.517. The predicted molar refractivity (Wildman–Crippen MR) is 64.1 cm³/mol. The van der Waals surface area contributed by atoms with Crippen LogP contribution in [-0.4, -0.2) is 32.5 Å². The number of hydrogen-bond acceptors (Lipinski definition) is 4. The van der Waals surface area contributed by atoms with Gasteiger partial charge in [-0.1, -0.05) is 11.6 Å². The van der Waals surface area contributed by atoms with E-state index in [1.165, 1.54) is 0 Å². The maximum absolute atomic E-state index is 12.2. The fourth-order valence-corrected chi connectivity index (χ4v) is 3.40. The van der Waals surface area contributed by atoms with E-state index in [1.807, 2.05) is 6.92 Å². The minimum absolute atomic E-state index is 0.103. The zero-order valence-electron chi connectivity index (χ0n) is 9.07. The molecular formula is C10H14ClN3OS. The molecule has 1 N–H and O–H groups in total. The molecule has 0 radical (unpaired) electrons. The Labute approximate surface area is 102 Å². The van der Waals surface area contributed by atoms with Gasteiger partial charge in [0.05, 0.1) is 16.0 Å². The summed E-state index contributed by atoms with van der Waals surface area (Å²) in [5, 5.41) is 4.06. The lowest BCUT2D eigenvalue weighted by Crippen LogP contribution is -2.36. The van der Waals surface area contributed by atoms with E-state index in [0.29, 0.717) is 10.3 Å². The van der Waals surface area contributed by atoms with Crippen LogP contribution in [0.2, 0.25) is 5.15 Å². The molecule has 0 saturated carbocycles. The van der Waals surface area contributed by atoms with Gasteiger partial charge in [0.15, 0.2) is 0 Å². The molecule has 1 aromatic rings. The molecule has 1 aromatic heterocycles. The molecular weight excluding hydrogens is 246 g/mol. The molecule has 0 unspecified atom stereocenters. The zero-order valence-corrected chi connectivity index (χ0v) is 10.6. The molecule has 2 heterocycles. The van der Waals surface area contributed by atoms with Gasteiger partial charge < -0.3 is 5.32 Å². The van der Waals surface area contributed by atoms with Crippen LogP contribution in [0.5, 0.6) is 0 Å². The summed E-state index contributed by atoms with van der Waals surface area (Å²) < 4.78 is 12.2. The van der Waals surface area contributed by atoms with Crippen molar-refractivity contribution >= 4 is 22.4 Å². The molecule has 1 aliphatic heterocycles. The molecule has 0 amide bonds. The highest BCUT2D eigenvalue weighted by Gasteiger charge is 2.23. The van der Waals surface area contributed by atoms with Crippen molar-refractivity contribution in [1.29, 1.82) is 0 Å². The molecule has 0 bridgehead atoms. The molecule has 0 aliphatic carbocycles. The Kier molecular flexibility index (Phi) is 3.89. The number of aryl methyl sites for hydroxylation is 1. The second-order valence-corrected chi connectivity index (χ2v) is 5.89. The van der Waals surface area contributed by atoms with Crippen LogP contribution in [0.1, 0.15) is 18.5 Å². The average Bonchev–Trinajstić information content (AvgIpc) is 2.28. The van der Waals surface area contributed by atoms with Gasteiger partial charge in [-0.25, -0.2) is 9.97 Å². The van der Waals surface area contributed by atoms with Crippen LogP contribution >= 0.6 is 11.6 Å². The van der Waals surface area contributed by atoms with Gasteiger partial charge in [0.1, 0.15) is 5.15 Å². The van der Waals surface area contributed by atoms with Gasteiger partial charge in [0, 0.05) is 12.2 Å². The first kappa shape index (κ1) is 12.0. The number of rotatable bonds is 2. The number of hydrogen-bond donors (Lipinski definition) is 1. The summed E-state index contributed by atoms with van der Waals surface area (Å²) in [6.45, 7) is 3.60. The summed E-state index contributed by atoms with van der Waals surface area (Å²) >= 11 is 5.83. The summed E-state index contributed by atoms with van der Waals surface area (Å²) in [7, 11) is -1.16. The Balaban J connectivity index is 2.19. The molecule has 2 rings (SSSR count).